The molecule has 0 atom stereocenters. The van der Waals surface area contributed by atoms with Gasteiger partial charge in [0, 0.05) is 4.47 Å². The monoisotopic (exact) mass is 309 g/mol. The van der Waals surface area contributed by atoms with Crippen molar-refractivity contribution in [3.05, 3.63) is 39.9 Å². The predicted octanol–water partition coefficient (Wildman–Crippen LogP) is 3.41. The van der Waals surface area contributed by atoms with Crippen molar-refractivity contribution in [3.63, 3.8) is 0 Å². The number of imidazole rings is 1. The third-order valence-electron chi connectivity index (χ3n) is 2.70. The molecule has 0 saturated carbocycles. The second-order valence-corrected chi connectivity index (χ2v) is 5.06. The van der Waals surface area contributed by atoms with Crippen LogP contribution in [0.15, 0.2) is 22.8 Å². The first-order valence-corrected chi connectivity index (χ1v) is 6.48. The highest BCUT2D eigenvalue weighted by molar-refractivity contribution is 9.10. The molecule has 4 nitrogen and oxygen atoms in total. The highest BCUT2D eigenvalue weighted by atomic mass is 79.9. The lowest BCUT2D eigenvalue weighted by atomic mass is 10.2. The number of aryl methyl sites for hydroxylation is 2. The van der Waals surface area contributed by atoms with E-state index in [9.17, 15) is 0 Å². The van der Waals surface area contributed by atoms with E-state index < -0.39 is 0 Å². The van der Waals surface area contributed by atoms with Crippen LogP contribution in [0.3, 0.4) is 0 Å². The number of aromatic nitrogens is 2. The number of aromatic amines is 1. The Labute approximate surface area is 115 Å². The minimum Gasteiger partial charge on any atom is -0.495 e. The maximum absolute atomic E-state index is 5.38. The summed E-state index contributed by atoms with van der Waals surface area (Å²) < 4.78 is 6.40. The molecule has 0 bridgehead atoms. The second-order valence-electron chi connectivity index (χ2n) is 4.15. The highest BCUT2D eigenvalue weighted by Gasteiger charge is 2.08. The van der Waals surface area contributed by atoms with Gasteiger partial charge in [-0.15, -0.1) is 0 Å². The van der Waals surface area contributed by atoms with Gasteiger partial charge in [-0.3, -0.25) is 0 Å². The van der Waals surface area contributed by atoms with Crippen LogP contribution in [0.5, 0.6) is 5.75 Å². The summed E-state index contributed by atoms with van der Waals surface area (Å²) in [5.41, 5.74) is 3.20. The van der Waals surface area contributed by atoms with Crippen LogP contribution in [0.25, 0.3) is 0 Å². The Morgan fingerprint density at radius 1 is 1.39 bits per heavy atom. The van der Waals surface area contributed by atoms with Crippen LogP contribution in [0.1, 0.15) is 17.1 Å². The number of H-pyrrole nitrogens is 1. The lowest BCUT2D eigenvalue weighted by Gasteiger charge is -2.14. The van der Waals surface area contributed by atoms with Crippen LogP contribution in [0, 0.1) is 13.8 Å². The van der Waals surface area contributed by atoms with E-state index in [-0.39, 0.29) is 0 Å². The van der Waals surface area contributed by atoms with Crippen LogP contribution < -0.4 is 10.1 Å². The number of ether oxygens (including phenoxy) is 1. The van der Waals surface area contributed by atoms with Crippen LogP contribution in [-0.4, -0.2) is 17.1 Å². The highest BCUT2D eigenvalue weighted by Crippen LogP contribution is 2.32. The van der Waals surface area contributed by atoms with E-state index in [1.54, 1.807) is 7.11 Å². The number of halogens is 1. The lowest BCUT2D eigenvalue weighted by molar-refractivity contribution is 0.416. The zero-order valence-electron chi connectivity index (χ0n) is 10.7. The molecule has 2 N–H and O–H groups in total. The van der Waals surface area contributed by atoms with E-state index in [2.05, 4.69) is 37.3 Å². The van der Waals surface area contributed by atoms with Crippen molar-refractivity contribution >= 4 is 21.6 Å². The number of hydrogen-bond donors (Lipinski definition) is 2. The molecule has 0 saturated heterocycles. The van der Waals surface area contributed by atoms with Gasteiger partial charge in [-0.2, -0.15) is 0 Å². The van der Waals surface area contributed by atoms with Gasteiger partial charge in [-0.25, -0.2) is 4.98 Å². The zero-order valence-corrected chi connectivity index (χ0v) is 12.3. The Morgan fingerprint density at radius 3 is 2.78 bits per heavy atom. The largest absolute Gasteiger partial charge is 0.495 e. The topological polar surface area (TPSA) is 49.9 Å². The van der Waals surface area contributed by atoms with E-state index >= 15 is 0 Å². The van der Waals surface area contributed by atoms with E-state index in [1.807, 2.05) is 26.1 Å². The smallest absolute Gasteiger partial charge is 0.143 e. The fourth-order valence-corrected chi connectivity index (χ4v) is 2.40. The number of nitrogens with one attached hydrogen (secondary N) is 2. The molecule has 2 rings (SSSR count). The summed E-state index contributed by atoms with van der Waals surface area (Å²) in [6.45, 7) is 4.68. The third kappa shape index (κ3) is 2.85. The molecule has 0 amide bonds. The molecule has 2 aromatic rings. The first kappa shape index (κ1) is 13.0. The molecule has 96 valence electrons. The summed E-state index contributed by atoms with van der Waals surface area (Å²) in [5.74, 6) is 1.75. The Morgan fingerprint density at radius 2 is 2.17 bits per heavy atom. The molecule has 0 fully saturated rings. The molecule has 0 aliphatic rings. The fourth-order valence-electron chi connectivity index (χ4n) is 1.85. The van der Waals surface area contributed by atoms with Crippen LogP contribution >= 0.6 is 15.9 Å². The standard InChI is InChI=1S/C13H16BrN3O/c1-8-4-10(14)5-12(18-3)13(8)16-7-11-6-15-9(2)17-11/h4-6,16H,7H2,1-3H3,(H,15,17). The Bertz CT molecular complexity index is 551. The molecule has 1 aromatic carbocycles. The summed E-state index contributed by atoms with van der Waals surface area (Å²) in [6.07, 6.45) is 1.84. The first-order valence-electron chi connectivity index (χ1n) is 5.68. The fraction of sp³-hybridized carbons (Fsp3) is 0.308. The summed E-state index contributed by atoms with van der Waals surface area (Å²) in [5, 5.41) is 3.37. The van der Waals surface area contributed by atoms with Crippen LogP contribution in [0.2, 0.25) is 0 Å². The van der Waals surface area contributed by atoms with Gasteiger partial charge < -0.3 is 15.0 Å². The number of methoxy groups -OCH3 is 1. The summed E-state index contributed by atoms with van der Waals surface area (Å²) in [4.78, 5) is 7.36. The number of anilines is 1. The average Bonchev–Trinajstić information content (AvgIpc) is 2.73. The zero-order chi connectivity index (χ0) is 13.1. The number of hydrogen-bond acceptors (Lipinski definition) is 3. The predicted molar refractivity (Wildman–Crippen MR) is 76.1 cm³/mol. The van der Waals surface area contributed by atoms with Gasteiger partial charge >= 0.3 is 0 Å². The Hall–Kier alpha value is -1.49. The minimum absolute atomic E-state index is 0.694. The molecule has 0 unspecified atom stereocenters. The molecule has 0 aliphatic heterocycles. The quantitative estimate of drug-likeness (QED) is 0.910. The normalized spacial score (nSPS) is 10.4. The van der Waals surface area contributed by atoms with Gasteiger partial charge in [0.05, 0.1) is 31.2 Å². The maximum Gasteiger partial charge on any atom is 0.143 e. The van der Waals surface area contributed by atoms with E-state index in [0.29, 0.717) is 6.54 Å². The number of nitrogens with zero attached hydrogens (tertiary/aromatic N) is 1. The molecular formula is C13H16BrN3O. The Balaban J connectivity index is 2.18. The van der Waals surface area contributed by atoms with E-state index in [0.717, 1.165) is 33.0 Å². The van der Waals surface area contributed by atoms with Crippen molar-refractivity contribution in [2.75, 3.05) is 12.4 Å². The van der Waals surface area contributed by atoms with Crippen LogP contribution in [-0.2, 0) is 6.54 Å². The van der Waals surface area contributed by atoms with Crippen molar-refractivity contribution in [1.82, 2.24) is 9.97 Å². The van der Waals surface area contributed by atoms with Gasteiger partial charge in [0.25, 0.3) is 0 Å². The molecular weight excluding hydrogens is 294 g/mol. The van der Waals surface area contributed by atoms with Crippen molar-refractivity contribution in [3.8, 4) is 5.75 Å². The second kappa shape index (κ2) is 5.44. The summed E-state index contributed by atoms with van der Waals surface area (Å²) in [7, 11) is 1.67. The lowest BCUT2D eigenvalue weighted by Crippen LogP contribution is -2.03. The van der Waals surface area contributed by atoms with Gasteiger partial charge in [-0.1, -0.05) is 15.9 Å². The van der Waals surface area contributed by atoms with E-state index in [1.165, 1.54) is 0 Å². The van der Waals surface area contributed by atoms with Gasteiger partial charge in [0.1, 0.15) is 11.6 Å². The minimum atomic E-state index is 0.694. The molecule has 0 radical (unpaired) electrons. The van der Waals surface area contributed by atoms with Crippen molar-refractivity contribution < 1.29 is 4.74 Å². The summed E-state index contributed by atoms with van der Waals surface area (Å²) in [6, 6.07) is 4.01. The third-order valence-corrected chi connectivity index (χ3v) is 3.15. The average molecular weight is 310 g/mol. The number of benzene rings is 1. The SMILES string of the molecule is COc1cc(Br)cc(C)c1NCc1cnc(C)[nH]1. The first-order chi connectivity index (χ1) is 8.60. The van der Waals surface area contributed by atoms with E-state index in [4.69, 9.17) is 4.74 Å². The molecule has 1 aromatic heterocycles. The summed E-state index contributed by atoms with van der Waals surface area (Å²) >= 11 is 3.46. The number of rotatable bonds is 4. The molecule has 0 aliphatic carbocycles. The Kier molecular flexibility index (Phi) is 3.91. The molecule has 1 heterocycles. The molecule has 0 spiro atoms. The van der Waals surface area contributed by atoms with Gasteiger partial charge in [0.15, 0.2) is 0 Å². The van der Waals surface area contributed by atoms with Crippen LogP contribution in [0.4, 0.5) is 5.69 Å². The van der Waals surface area contributed by atoms with Crippen molar-refractivity contribution in [2.45, 2.75) is 20.4 Å². The van der Waals surface area contributed by atoms with Gasteiger partial charge in [0.2, 0.25) is 0 Å². The van der Waals surface area contributed by atoms with Crippen molar-refractivity contribution in [2.24, 2.45) is 0 Å². The maximum atomic E-state index is 5.38. The molecule has 18 heavy (non-hydrogen) atoms. The van der Waals surface area contributed by atoms with Gasteiger partial charge in [-0.05, 0) is 31.5 Å². The molecule has 5 heteroatoms. The van der Waals surface area contributed by atoms with Crippen molar-refractivity contribution in [1.29, 1.82) is 0 Å².